The molecule has 0 bridgehead atoms. The summed E-state index contributed by atoms with van der Waals surface area (Å²) in [6, 6.07) is 9.46. The van der Waals surface area contributed by atoms with Crippen molar-refractivity contribution in [2.45, 2.75) is 258 Å². The molecule has 22 atom stereocenters. The van der Waals surface area contributed by atoms with Crippen LogP contribution in [0.15, 0.2) is 121 Å². The molecule has 0 aliphatic carbocycles. The van der Waals surface area contributed by atoms with Gasteiger partial charge in [0.15, 0.2) is 31.1 Å². The van der Waals surface area contributed by atoms with Gasteiger partial charge in [0.2, 0.25) is 1.43 Å². The monoisotopic (exact) mass is 2010 g/mol. The summed E-state index contributed by atoms with van der Waals surface area (Å²) in [5.74, 6) is -1.43. The average Bonchev–Trinajstić information content (AvgIpc) is 1.73. The molecule has 782 valence electrons. The van der Waals surface area contributed by atoms with Gasteiger partial charge in [0.25, 0.3) is 27.8 Å². The van der Waals surface area contributed by atoms with Crippen molar-refractivity contribution in [1.29, 1.82) is 1.43 Å². The standard InChI is InChI=1S/C25H37N2O8P.C17H29N2O7P.C16H24N2O5.C14H20N2O6.C13H20N2O6.C4H9.C3H8.CH4O.Li/c1-17-14-26(25(30)27(23(17)29)16-33-15-19-9-7-6-8-10-19)24-22(34-12-11-32-3)18(2)20(35-24)13-21(28)36(4,5)31;1-10-9-19(17(22)18-15(10)21)16-14(25-7-6-24-3)13(20)12(26-16)8-11(2)27(4,5)23;1-5-6-12-11(3)13(22-8-7-21-4)15(23-12)18-9-10(2)14(19)17-16(18)20;1-8-6-16(14(19)15-12(8)18)13-11(21-5-4-20-3)9(2)10(7-17)22-13;1-7-6-15(13(18)14-11(7)17)12-10(20-5-4-19-3)9(16)8(2)21-12;1-3-4-2;1-3-2;1-2;/h6-10,14,18,20-22,24,28H,11-13,15-16H2,1-5H3;9,11-14,16,20H,6-8H2,1-5H3,(H,18,21,22);5-6,9,11-13,15H,7-8H2,1-4H3,(H,17,19,20);6-7,9-11,13H,4-5H2,1-3H3,(H,15,18,19);6,8-10,12,16H,4-5H2,1-3H3,(H,14,17,18);1,3-4H2,2H3;3H2,1-2H3;2H,1H3;/q;;;;;-1;;;+1/b;;6-5+;;;;;;/t18-,20-,21?,22-,24-;11?,12-,13-,14-,16-;11-,12-,13-,15-;9-,10-,11-,13-;8-,9-,10-,12-;;;;/m11111..../s1/i;;;;2D;;;2T;. The molecule has 139 heavy (non-hydrogen) atoms. The van der Waals surface area contributed by atoms with Crippen LogP contribution >= 0.6 is 14.3 Å². The molecule has 5 aromatic heterocycles. The number of allylic oxidation sites excluding steroid dienone is 1. The van der Waals surface area contributed by atoms with Gasteiger partial charge in [-0.15, -0.1) is 0 Å². The Hall–Kier alpha value is -7.71. The number of aliphatic hydroxyl groups excluding tert-OH is 4. The number of hydrogen-bond donors (Lipinski definition) is 8. The third-order valence-electron chi connectivity index (χ3n) is 22.9. The number of carbonyl (C=O) groups excluding carboxylic acids is 1. The quantitative estimate of drug-likeness (QED) is 0.00688. The van der Waals surface area contributed by atoms with E-state index < -0.39 is 163 Å². The van der Waals surface area contributed by atoms with E-state index in [9.17, 15) is 77.2 Å². The first-order chi connectivity index (χ1) is 66.3. The van der Waals surface area contributed by atoms with Crippen LogP contribution in [0.1, 0.15) is 160 Å². The zero-order valence-electron chi connectivity index (χ0n) is 86.8. The zero-order chi connectivity index (χ0) is 105. The van der Waals surface area contributed by atoms with Crippen molar-refractivity contribution in [2.24, 2.45) is 17.8 Å². The van der Waals surface area contributed by atoms with E-state index in [1.165, 1.54) is 101 Å². The van der Waals surface area contributed by atoms with Crippen molar-refractivity contribution < 1.29 is 130 Å². The number of carbonyl (C=O) groups is 1. The molecule has 1 aromatic carbocycles. The maximum Gasteiger partial charge on any atom is 1.00 e. The van der Waals surface area contributed by atoms with Crippen LogP contribution in [0.5, 0.6) is 0 Å². The number of aromatic nitrogens is 10. The van der Waals surface area contributed by atoms with Crippen LogP contribution in [0.2, 0.25) is 0 Å². The van der Waals surface area contributed by atoms with Crippen molar-refractivity contribution >= 4 is 20.6 Å². The Bertz CT molecular complexity index is 5470. The van der Waals surface area contributed by atoms with E-state index in [0.29, 0.717) is 86.8 Å². The molecule has 0 saturated carbocycles. The van der Waals surface area contributed by atoms with Gasteiger partial charge < -0.3 is 117 Å². The number of H-pyrrole nitrogens is 4. The van der Waals surface area contributed by atoms with Crippen molar-refractivity contribution in [2.75, 3.05) is 135 Å². The summed E-state index contributed by atoms with van der Waals surface area (Å²) in [7, 11) is 3.94. The van der Waals surface area contributed by atoms with Gasteiger partial charge in [0, 0.05) is 133 Å². The van der Waals surface area contributed by atoms with Gasteiger partial charge in [-0.25, -0.2) is 28.5 Å². The number of aromatic amines is 4. The number of aliphatic hydroxyl groups is 4. The molecular formula is C93H151LiN10O33P2. The van der Waals surface area contributed by atoms with Gasteiger partial charge in [-0.2, -0.15) is 6.42 Å². The van der Waals surface area contributed by atoms with E-state index in [-0.39, 0.29) is 107 Å². The molecule has 5 aliphatic rings. The van der Waals surface area contributed by atoms with Gasteiger partial charge in [-0.3, -0.25) is 66.7 Å². The Balaban J connectivity index is 0.000000446. The number of unbranched alkanes of at least 4 members (excludes halogenated alkanes) is 1. The predicted octanol–water partition coefficient (Wildman–Crippen LogP) is 2.32. The summed E-state index contributed by atoms with van der Waals surface area (Å²) in [6.07, 6.45) is 3.87. The summed E-state index contributed by atoms with van der Waals surface area (Å²) in [5, 5.41) is 34.9. The van der Waals surface area contributed by atoms with Gasteiger partial charge in [-0.05, 0) is 87.1 Å². The summed E-state index contributed by atoms with van der Waals surface area (Å²) in [6.45, 7) is 37.0. The van der Waals surface area contributed by atoms with Crippen LogP contribution in [0, 0.1) is 59.3 Å². The summed E-state index contributed by atoms with van der Waals surface area (Å²) in [4.78, 5) is 141. The molecular weight excluding hydrogens is 1850 g/mol. The maximum atomic E-state index is 13.4. The van der Waals surface area contributed by atoms with Crippen LogP contribution in [0.4, 0.5) is 0 Å². The molecule has 5 saturated heterocycles. The smallest absolute Gasteiger partial charge is 0.400 e. The number of aldehydes is 1. The Morgan fingerprint density at radius 3 is 1.23 bits per heavy atom. The number of ether oxygens (including phenoxy) is 16. The molecule has 5 fully saturated rings. The van der Waals surface area contributed by atoms with E-state index in [4.69, 9.17) is 78.6 Å². The third kappa shape index (κ3) is 36.8. The van der Waals surface area contributed by atoms with E-state index in [2.05, 4.69) is 52.7 Å². The van der Waals surface area contributed by atoms with Crippen LogP contribution in [0.3, 0.4) is 0 Å². The minimum absolute atomic E-state index is 0. The molecule has 6 aromatic rings. The average molecular weight is 2010 g/mol. The zero-order valence-corrected chi connectivity index (χ0v) is 86.6. The largest absolute Gasteiger partial charge is 1.00 e. The summed E-state index contributed by atoms with van der Waals surface area (Å²) >= 11 is 0. The fourth-order valence-corrected chi connectivity index (χ4v) is 15.9. The number of aryl methyl sites for hydroxylation is 5. The molecule has 11 rings (SSSR count). The molecule has 5 aliphatic heterocycles. The maximum absolute atomic E-state index is 13.4. The molecule has 2 unspecified atom stereocenters. The van der Waals surface area contributed by atoms with Crippen LogP contribution in [0.25, 0.3) is 0 Å². The van der Waals surface area contributed by atoms with Crippen LogP contribution in [-0.2, 0) is 103 Å². The first-order valence-electron chi connectivity index (χ1n) is 46.8. The fraction of sp³-hybridized carbons (Fsp3) is 0.677. The second-order valence-electron chi connectivity index (χ2n) is 34.4. The molecule has 0 spiro atoms. The van der Waals surface area contributed by atoms with E-state index >= 15 is 0 Å². The van der Waals surface area contributed by atoms with Gasteiger partial charge >= 0.3 is 47.3 Å². The molecule has 10 heterocycles. The molecule has 46 heteroatoms. The van der Waals surface area contributed by atoms with Gasteiger partial charge in [0.1, 0.15) is 74.8 Å². The third-order valence-corrected chi connectivity index (χ3v) is 26.8. The van der Waals surface area contributed by atoms with Crippen LogP contribution < -0.4 is 75.1 Å². The molecule has 0 radical (unpaired) electrons. The minimum Gasteiger partial charge on any atom is -0.400 e. The molecule has 8 N–H and O–H groups in total. The number of benzene rings is 1. The van der Waals surface area contributed by atoms with Crippen molar-refractivity contribution in [3.05, 3.63) is 218 Å². The molecule has 43 nitrogen and oxygen atoms in total. The fourth-order valence-electron chi connectivity index (χ4n) is 14.5. The second-order valence-corrected chi connectivity index (χ2v) is 41.6. The topological polar surface area (TPSA) is 543 Å². The van der Waals surface area contributed by atoms with Crippen molar-refractivity contribution in [3.8, 4) is 0 Å². The Morgan fingerprint density at radius 1 is 0.518 bits per heavy atom. The van der Waals surface area contributed by atoms with Crippen LogP contribution in [-0.4, -0.2) is 296 Å². The predicted molar refractivity (Wildman–Crippen MR) is 517 cm³/mol. The number of rotatable bonds is 38. The first kappa shape index (κ1) is 122. The van der Waals surface area contributed by atoms with Gasteiger partial charge in [0.05, 0.1) is 104 Å². The van der Waals surface area contributed by atoms with Gasteiger partial charge in [-0.1, -0.05) is 104 Å². The Labute approximate surface area is 824 Å². The normalized spacial score (nSPS) is 25.2. The minimum atomic E-state index is -2.76. The van der Waals surface area contributed by atoms with E-state index in [0.717, 1.165) is 16.6 Å². The molecule has 0 amide bonds. The number of hydrogen-bond acceptors (Lipinski definition) is 33. The first-order valence-corrected chi connectivity index (χ1v) is 51.0. The Morgan fingerprint density at radius 2 is 0.863 bits per heavy atom. The SMILES string of the molecule is C/C=C/[C@H]1O[C@@H](n2cc(C)c(=O)[nH]c2=O)[C@H](OCCOC)[C@@H]1C.CCC.COCCO[C@@H]1[C@H](C)[C@@H](C=O)O[C@H]1n1cc(C)c(=O)[nH]c1=O.COCCO[C@@H]1[C@H](C)[C@@H](CC(O)P(C)(C)=O)O[C@H]1n1cc(C)c(=O)n(COCc2ccccc2)c1=O.COCCO[C@@H]1[C@H](O)[C@@H](CC(C)P(C)(C)=O)O[C@H]1n1cc(C)c(=O)[nH]c1=O.[2H]C[C@H]1O[C@@H](n2cc(C)c(=O)[nH]c2=O)[C@H](OCCOC)[C@@H]1O.[3H]OC.[CH2-]CCC.[Li+]. The number of nitrogens with one attached hydrogen (secondary N) is 4. The van der Waals surface area contributed by atoms with Crippen molar-refractivity contribution in [3.63, 3.8) is 0 Å². The summed E-state index contributed by atoms with van der Waals surface area (Å²) < 4.78 is 134. The van der Waals surface area contributed by atoms with E-state index in [1.807, 2.05) is 77.1 Å². The van der Waals surface area contributed by atoms with E-state index in [1.54, 1.807) is 69.3 Å². The number of nitrogens with zero attached hydrogens (tertiary/aromatic N) is 6. The van der Waals surface area contributed by atoms with Crippen molar-refractivity contribution in [1.82, 2.24) is 47.3 Å². The summed E-state index contributed by atoms with van der Waals surface area (Å²) in [5.41, 5.74) is -2.62. The Kier molecular flexibility index (Phi) is 55.0. The second kappa shape index (κ2) is 62.8. The number of methoxy groups -OCH3 is 5.